The van der Waals surface area contributed by atoms with Crippen LogP contribution in [0, 0.1) is 29.1 Å². The van der Waals surface area contributed by atoms with E-state index in [1.165, 1.54) is 0 Å². The van der Waals surface area contributed by atoms with Gasteiger partial charge in [0.2, 0.25) is 5.79 Å². The molecule has 290 valence electrons. The predicted molar refractivity (Wildman–Crippen MR) is 210 cm³/mol. The summed E-state index contributed by atoms with van der Waals surface area (Å²) in [4.78, 5) is 22.7. The summed E-state index contributed by atoms with van der Waals surface area (Å²) < 4.78 is 14.2. The summed E-state index contributed by atoms with van der Waals surface area (Å²) in [7, 11) is 0. The number of carbonyl (C=O) groups excluding carboxylic acids is 1. The quantitative estimate of drug-likeness (QED) is 0.0684. The van der Waals surface area contributed by atoms with E-state index in [-0.39, 0.29) is 62.3 Å². The lowest BCUT2D eigenvalue weighted by molar-refractivity contribution is -0.254. The molecule has 1 saturated carbocycles. The molecule has 55 heavy (non-hydrogen) atoms. The fraction of sp³-hybridized carbons (Fsp3) is 0.444. The summed E-state index contributed by atoms with van der Waals surface area (Å²) >= 11 is 0. The second kappa shape index (κ2) is 18.6. The average molecular weight is 748 g/mol. The monoisotopic (exact) mass is 747 g/mol. The van der Waals surface area contributed by atoms with Crippen LogP contribution < -0.4 is 4.74 Å². The number of nitrogens with zero attached hydrogens (tertiary/aromatic N) is 3. The molecule has 3 aromatic rings. The van der Waals surface area contributed by atoms with Crippen molar-refractivity contribution in [3.05, 3.63) is 119 Å². The summed E-state index contributed by atoms with van der Waals surface area (Å²) in [6.45, 7) is 7.02. The topological polar surface area (TPSA) is 145 Å². The van der Waals surface area contributed by atoms with Gasteiger partial charge < -0.3 is 34.5 Å². The molecule has 1 aliphatic heterocycles. The minimum Gasteiger partial charge on any atom is -0.508 e. The first-order valence-electron chi connectivity index (χ1n) is 19.6. The highest BCUT2D eigenvalue weighted by Gasteiger charge is 2.65. The molecule has 6 rings (SSSR count). The van der Waals surface area contributed by atoms with Crippen molar-refractivity contribution in [1.29, 1.82) is 5.26 Å². The van der Waals surface area contributed by atoms with Gasteiger partial charge in [-0.05, 0) is 97.5 Å². The average Bonchev–Trinajstić information content (AvgIpc) is 3.21. The molecule has 0 spiro atoms. The summed E-state index contributed by atoms with van der Waals surface area (Å²) in [6.07, 6.45) is 9.50. The number of hydrogen-bond acceptors (Lipinski definition) is 9. The number of ether oxygens (including phenoxy) is 2. The predicted octanol–water partition coefficient (Wildman–Crippen LogP) is 7.65. The zero-order valence-corrected chi connectivity index (χ0v) is 31.7. The minimum absolute atomic E-state index is 0.0502. The molecule has 1 fully saturated rings. The molecule has 0 aromatic heterocycles. The first-order chi connectivity index (χ1) is 26.9. The Morgan fingerprint density at radius 2 is 1.80 bits per heavy atom. The Balaban J connectivity index is 1.57. The van der Waals surface area contributed by atoms with Crippen molar-refractivity contribution >= 4 is 11.6 Å². The zero-order chi connectivity index (χ0) is 38.8. The number of aromatic hydroxyl groups is 1. The first kappa shape index (κ1) is 39.7. The number of hydrogen-bond donors (Lipinski definition) is 3. The van der Waals surface area contributed by atoms with Gasteiger partial charge in [-0.2, -0.15) is 5.26 Å². The Morgan fingerprint density at radius 1 is 1.05 bits per heavy atom. The number of aliphatic hydroxyl groups excluding tert-OH is 2. The normalized spacial score (nSPS) is 24.4. The number of benzene rings is 3. The lowest BCUT2D eigenvalue weighted by atomic mass is 9.55. The Bertz CT molecular complexity index is 1870. The van der Waals surface area contributed by atoms with Crippen LogP contribution in [0.1, 0.15) is 91.3 Å². The van der Waals surface area contributed by atoms with Crippen LogP contribution in [0.3, 0.4) is 0 Å². The van der Waals surface area contributed by atoms with E-state index in [0.717, 1.165) is 42.4 Å². The van der Waals surface area contributed by atoms with Crippen molar-refractivity contribution in [2.75, 3.05) is 26.4 Å². The van der Waals surface area contributed by atoms with Crippen molar-refractivity contribution in [2.45, 2.75) is 82.6 Å². The second-order valence-electron chi connectivity index (χ2n) is 14.7. The molecular formula is C45H53N3O7. The number of unbranched alkanes of at least 4 members (excludes halogenated alkanes) is 2. The van der Waals surface area contributed by atoms with Crippen LogP contribution in [0.15, 0.2) is 102 Å². The fourth-order valence-corrected chi connectivity index (χ4v) is 8.91. The molecule has 0 radical (unpaired) electrons. The van der Waals surface area contributed by atoms with Gasteiger partial charge in [-0.1, -0.05) is 67.4 Å². The third-order valence-electron chi connectivity index (χ3n) is 11.3. The smallest absolute Gasteiger partial charge is 0.254 e. The number of aliphatic hydroxyl groups is 2. The molecule has 1 amide bonds. The standard InChI is InChI=1S/C45H53N3O7/c1-3-22-48(44(52)33-18-16-31(29-46)17-19-33)41-28-39(47-54-30-32-12-6-5-7-13-32)37-26-34(14-8-10-23-49)36(15-9-11-24-50)42-38-27-35(51)20-21-40(38)55-45(41,43(37)42)53-25-4-2/h4-7,12-13,16-21,26-27,34,36,41-43,49-51H,2-3,8-11,14-15,22-25,28,30H2,1H3. The molecule has 3 N–H and O–H groups in total. The van der Waals surface area contributed by atoms with E-state index in [0.29, 0.717) is 48.4 Å². The third-order valence-corrected chi connectivity index (χ3v) is 11.3. The van der Waals surface area contributed by atoms with Gasteiger partial charge in [-0.25, -0.2) is 0 Å². The van der Waals surface area contributed by atoms with Crippen LogP contribution in [-0.4, -0.2) is 70.0 Å². The maximum atomic E-state index is 14.8. The Kier molecular flexibility index (Phi) is 13.4. The molecule has 0 bridgehead atoms. The van der Waals surface area contributed by atoms with Crippen molar-refractivity contribution in [1.82, 2.24) is 4.90 Å². The fourth-order valence-electron chi connectivity index (χ4n) is 8.91. The van der Waals surface area contributed by atoms with Crippen LogP contribution >= 0.6 is 0 Å². The molecule has 6 unspecified atom stereocenters. The highest BCUT2D eigenvalue weighted by molar-refractivity contribution is 6.03. The van der Waals surface area contributed by atoms with E-state index in [4.69, 9.17) is 19.5 Å². The minimum atomic E-state index is -1.39. The third kappa shape index (κ3) is 8.50. The molecule has 10 heteroatoms. The summed E-state index contributed by atoms with van der Waals surface area (Å²) in [6, 6.07) is 23.2. The summed E-state index contributed by atoms with van der Waals surface area (Å²) in [5.41, 5.74) is 4.37. The molecule has 1 heterocycles. The van der Waals surface area contributed by atoms with Gasteiger partial charge in [0, 0.05) is 43.2 Å². The van der Waals surface area contributed by atoms with Gasteiger partial charge in [-0.15, -0.1) is 6.58 Å². The van der Waals surface area contributed by atoms with Gasteiger partial charge in [0.25, 0.3) is 5.91 Å². The SMILES string of the molecule is C=CCOC12Oc3ccc(O)cc3C3C(CCCCO)C(CCCCO)C=C(C(=NOCc4ccccc4)CC1N(CCC)C(=O)c1ccc(C#N)cc1)C32. The number of fused-ring (bicyclic) bond motifs is 2. The maximum absolute atomic E-state index is 14.8. The van der Waals surface area contributed by atoms with Crippen molar-refractivity contribution < 1.29 is 34.4 Å². The number of carbonyl (C=O) groups is 1. The molecule has 2 aliphatic carbocycles. The Labute approximate surface area is 324 Å². The summed E-state index contributed by atoms with van der Waals surface area (Å²) in [5, 5.41) is 44.9. The summed E-state index contributed by atoms with van der Waals surface area (Å²) in [5.74, 6) is -1.48. The van der Waals surface area contributed by atoms with E-state index in [9.17, 15) is 25.4 Å². The first-order valence-corrected chi connectivity index (χ1v) is 19.6. The highest BCUT2D eigenvalue weighted by Crippen LogP contribution is 2.62. The Hall–Kier alpha value is -4.95. The number of phenolic OH excluding ortho intramolecular Hbond substituents is 1. The lowest BCUT2D eigenvalue weighted by Gasteiger charge is -2.60. The molecule has 6 atom stereocenters. The van der Waals surface area contributed by atoms with E-state index in [1.54, 1.807) is 48.5 Å². The number of phenols is 1. The van der Waals surface area contributed by atoms with Crippen LogP contribution in [0.2, 0.25) is 0 Å². The van der Waals surface area contributed by atoms with Gasteiger partial charge >= 0.3 is 0 Å². The van der Waals surface area contributed by atoms with Crippen LogP contribution in [-0.2, 0) is 16.2 Å². The second-order valence-corrected chi connectivity index (χ2v) is 14.7. The van der Waals surface area contributed by atoms with Crippen LogP contribution in [0.5, 0.6) is 11.5 Å². The van der Waals surface area contributed by atoms with E-state index in [2.05, 4.69) is 18.7 Å². The molecule has 3 aromatic carbocycles. The van der Waals surface area contributed by atoms with Crippen LogP contribution in [0.25, 0.3) is 0 Å². The molecule has 0 saturated heterocycles. The maximum Gasteiger partial charge on any atom is 0.254 e. The molecule has 10 nitrogen and oxygen atoms in total. The van der Waals surface area contributed by atoms with Crippen molar-refractivity contribution in [3.63, 3.8) is 0 Å². The van der Waals surface area contributed by atoms with Gasteiger partial charge in [-0.3, -0.25) is 4.79 Å². The Morgan fingerprint density at radius 3 is 2.49 bits per heavy atom. The van der Waals surface area contributed by atoms with Gasteiger partial charge in [0.05, 0.1) is 29.9 Å². The van der Waals surface area contributed by atoms with Crippen molar-refractivity contribution in [2.24, 2.45) is 22.9 Å². The van der Waals surface area contributed by atoms with Crippen molar-refractivity contribution in [3.8, 4) is 17.6 Å². The van der Waals surface area contributed by atoms with Gasteiger partial charge in [0.1, 0.15) is 24.1 Å². The number of rotatable bonds is 18. The van der Waals surface area contributed by atoms with E-state index in [1.807, 2.05) is 42.2 Å². The lowest BCUT2D eigenvalue weighted by Crippen LogP contribution is -2.70. The van der Waals surface area contributed by atoms with Crippen LogP contribution in [0.4, 0.5) is 0 Å². The highest BCUT2D eigenvalue weighted by atomic mass is 16.7. The molecular weight excluding hydrogens is 695 g/mol. The molecule has 3 aliphatic rings. The number of allylic oxidation sites excluding steroid dienone is 1. The van der Waals surface area contributed by atoms with E-state index >= 15 is 0 Å². The number of nitriles is 1. The number of amides is 1. The van der Waals surface area contributed by atoms with Gasteiger partial charge in [0.15, 0.2) is 0 Å². The number of oxime groups is 1. The zero-order valence-electron chi connectivity index (χ0n) is 31.7. The largest absolute Gasteiger partial charge is 0.508 e. The van der Waals surface area contributed by atoms with E-state index < -0.39 is 17.7 Å².